The van der Waals surface area contributed by atoms with Crippen LogP contribution in [0.15, 0.2) is 70.2 Å². The Morgan fingerprint density at radius 3 is 2.52 bits per heavy atom. The number of Topliss-reactive ketones (excluding diaryl/α,β-unsaturated/α-hetero) is 1. The van der Waals surface area contributed by atoms with Gasteiger partial charge in [-0.3, -0.25) is 14.2 Å². The third-order valence-electron chi connectivity index (χ3n) is 4.15. The first-order chi connectivity index (χ1) is 13.1. The van der Waals surface area contributed by atoms with Gasteiger partial charge in [0, 0.05) is 10.0 Å². The van der Waals surface area contributed by atoms with E-state index >= 15 is 0 Å². The Morgan fingerprint density at radius 2 is 1.78 bits per heavy atom. The highest BCUT2D eigenvalue weighted by atomic mass is 79.9. The van der Waals surface area contributed by atoms with Crippen LogP contribution in [0.4, 0.5) is 0 Å². The molecule has 0 aliphatic carbocycles. The highest BCUT2D eigenvalue weighted by molar-refractivity contribution is 9.10. The number of hydrogen-bond acceptors (Lipinski definition) is 5. The number of ketones is 1. The van der Waals surface area contributed by atoms with E-state index in [0.29, 0.717) is 17.8 Å². The first kappa shape index (κ1) is 17.3. The van der Waals surface area contributed by atoms with Gasteiger partial charge in [0.1, 0.15) is 6.33 Å². The minimum atomic E-state index is -0.384. The van der Waals surface area contributed by atoms with E-state index < -0.39 is 0 Å². The molecule has 0 bridgehead atoms. The number of carbonyl (C=O) groups is 1. The zero-order chi connectivity index (χ0) is 18.8. The lowest BCUT2D eigenvalue weighted by molar-refractivity contribution is 0.0970. The van der Waals surface area contributed by atoms with Crippen molar-refractivity contribution in [3.05, 3.63) is 86.9 Å². The van der Waals surface area contributed by atoms with Gasteiger partial charge < -0.3 is 0 Å². The van der Waals surface area contributed by atoms with E-state index in [1.807, 2.05) is 30.3 Å². The van der Waals surface area contributed by atoms with Crippen molar-refractivity contribution in [1.82, 2.24) is 24.5 Å². The number of benzene rings is 2. The summed E-state index contributed by atoms with van der Waals surface area (Å²) in [5.41, 5.74) is 1.72. The maximum atomic E-state index is 12.7. The van der Waals surface area contributed by atoms with Crippen LogP contribution in [0.5, 0.6) is 0 Å². The highest BCUT2D eigenvalue weighted by Gasteiger charge is 2.14. The van der Waals surface area contributed by atoms with Gasteiger partial charge >= 0.3 is 0 Å². The minimum Gasteiger partial charge on any atom is -0.292 e. The summed E-state index contributed by atoms with van der Waals surface area (Å²) in [4.78, 5) is 29.4. The molecule has 0 atom stereocenters. The van der Waals surface area contributed by atoms with Gasteiger partial charge in [0.2, 0.25) is 0 Å². The Balaban J connectivity index is 1.62. The minimum absolute atomic E-state index is 0.102. The fraction of sp³-hybridized carbons (Fsp3) is 0.105. The van der Waals surface area contributed by atoms with Gasteiger partial charge in [-0.05, 0) is 17.7 Å². The first-order valence-corrected chi connectivity index (χ1v) is 9.02. The predicted octanol–water partition coefficient (Wildman–Crippen LogP) is 2.68. The van der Waals surface area contributed by atoms with Crippen molar-refractivity contribution in [1.29, 1.82) is 0 Å². The Bertz CT molecular complexity index is 1170. The van der Waals surface area contributed by atoms with Gasteiger partial charge in [-0.15, -0.1) is 5.10 Å². The molecular formula is C19H14BrN5O2. The smallest absolute Gasteiger partial charge is 0.283 e. The van der Waals surface area contributed by atoms with Gasteiger partial charge in [0.05, 0.1) is 13.1 Å². The average molecular weight is 424 g/mol. The molecule has 0 aliphatic heterocycles. The molecule has 8 heteroatoms. The van der Waals surface area contributed by atoms with Crippen molar-refractivity contribution in [2.45, 2.75) is 13.1 Å². The molecule has 134 valence electrons. The van der Waals surface area contributed by atoms with Crippen LogP contribution in [0, 0.1) is 0 Å². The fourth-order valence-corrected chi connectivity index (χ4v) is 3.01. The normalized spacial score (nSPS) is 11.0. The van der Waals surface area contributed by atoms with Crippen LogP contribution in [0.1, 0.15) is 15.9 Å². The van der Waals surface area contributed by atoms with Gasteiger partial charge in [-0.2, -0.15) is 0 Å². The van der Waals surface area contributed by atoms with E-state index in [9.17, 15) is 9.59 Å². The number of carbonyl (C=O) groups excluding carboxylic acids is 1. The molecule has 0 unspecified atom stereocenters. The van der Waals surface area contributed by atoms with Crippen LogP contribution in [-0.2, 0) is 13.1 Å². The summed E-state index contributed by atoms with van der Waals surface area (Å²) < 4.78 is 3.72. The van der Waals surface area contributed by atoms with Crippen LogP contribution >= 0.6 is 15.9 Å². The summed E-state index contributed by atoms with van der Waals surface area (Å²) in [5, 5.41) is 8.01. The van der Waals surface area contributed by atoms with Crippen LogP contribution in [0.2, 0.25) is 0 Å². The molecule has 0 aliphatic rings. The second-order valence-corrected chi connectivity index (χ2v) is 6.93. The largest absolute Gasteiger partial charge is 0.292 e. The number of halogens is 1. The average Bonchev–Trinajstić information content (AvgIpc) is 3.09. The third kappa shape index (κ3) is 3.56. The standard InChI is InChI=1S/C19H14BrN5O2/c20-15-8-6-14(7-9-15)16(26)11-24-12-21-18-17(19(24)27)22-23-25(18)10-13-4-2-1-3-5-13/h1-9,12H,10-11H2. The summed E-state index contributed by atoms with van der Waals surface area (Å²) in [7, 11) is 0. The van der Waals surface area contributed by atoms with E-state index in [2.05, 4.69) is 31.2 Å². The topological polar surface area (TPSA) is 82.7 Å². The van der Waals surface area contributed by atoms with Gasteiger partial charge in [-0.1, -0.05) is 63.6 Å². The quantitative estimate of drug-likeness (QED) is 0.460. The molecule has 4 aromatic rings. The Labute approximate surface area is 162 Å². The van der Waals surface area contributed by atoms with E-state index in [4.69, 9.17) is 0 Å². The number of hydrogen-bond donors (Lipinski definition) is 0. The SMILES string of the molecule is O=C(Cn1cnc2c(nnn2Cc2ccccc2)c1=O)c1ccc(Br)cc1. The van der Waals surface area contributed by atoms with Crippen LogP contribution in [0.3, 0.4) is 0 Å². The van der Waals surface area contributed by atoms with E-state index in [1.54, 1.807) is 28.9 Å². The lowest BCUT2D eigenvalue weighted by Gasteiger charge is -2.05. The lowest BCUT2D eigenvalue weighted by Crippen LogP contribution is -2.25. The molecule has 0 amide bonds. The monoisotopic (exact) mass is 423 g/mol. The van der Waals surface area contributed by atoms with Crippen molar-refractivity contribution in [2.75, 3.05) is 0 Å². The molecule has 0 saturated carbocycles. The number of rotatable bonds is 5. The van der Waals surface area contributed by atoms with Crippen molar-refractivity contribution >= 4 is 32.9 Å². The zero-order valence-corrected chi connectivity index (χ0v) is 15.7. The second kappa shape index (κ2) is 7.24. The number of aromatic nitrogens is 5. The molecule has 2 heterocycles. The van der Waals surface area contributed by atoms with E-state index in [0.717, 1.165) is 10.0 Å². The molecule has 27 heavy (non-hydrogen) atoms. The predicted molar refractivity (Wildman–Crippen MR) is 104 cm³/mol. The summed E-state index contributed by atoms with van der Waals surface area (Å²) in [6.45, 7) is 0.362. The maximum absolute atomic E-state index is 12.7. The third-order valence-corrected chi connectivity index (χ3v) is 4.68. The summed E-state index contributed by atoms with van der Waals surface area (Å²) in [5.74, 6) is -0.178. The van der Waals surface area contributed by atoms with Crippen molar-refractivity contribution < 1.29 is 4.79 Å². The van der Waals surface area contributed by atoms with E-state index in [1.165, 1.54) is 10.9 Å². The zero-order valence-electron chi connectivity index (χ0n) is 14.1. The molecule has 2 aromatic carbocycles. The summed E-state index contributed by atoms with van der Waals surface area (Å²) in [6, 6.07) is 16.7. The van der Waals surface area contributed by atoms with Gasteiger partial charge in [-0.25, -0.2) is 9.67 Å². The van der Waals surface area contributed by atoms with E-state index in [-0.39, 0.29) is 23.4 Å². The Morgan fingerprint density at radius 1 is 1.04 bits per heavy atom. The van der Waals surface area contributed by atoms with Crippen LogP contribution in [-0.4, -0.2) is 30.3 Å². The fourth-order valence-electron chi connectivity index (χ4n) is 2.74. The summed E-state index contributed by atoms with van der Waals surface area (Å²) in [6.07, 6.45) is 1.37. The lowest BCUT2D eigenvalue weighted by atomic mass is 10.1. The van der Waals surface area contributed by atoms with Gasteiger partial charge in [0.25, 0.3) is 5.56 Å². The highest BCUT2D eigenvalue weighted by Crippen LogP contribution is 2.12. The molecule has 0 fully saturated rings. The second-order valence-electron chi connectivity index (χ2n) is 6.01. The maximum Gasteiger partial charge on any atom is 0.283 e. The molecule has 7 nitrogen and oxygen atoms in total. The van der Waals surface area contributed by atoms with Gasteiger partial charge in [0.15, 0.2) is 16.9 Å². The molecule has 4 rings (SSSR count). The molecule has 0 N–H and O–H groups in total. The number of fused-ring (bicyclic) bond motifs is 1. The Kier molecular flexibility index (Phi) is 4.64. The Hall–Kier alpha value is -3.13. The van der Waals surface area contributed by atoms with Crippen LogP contribution < -0.4 is 5.56 Å². The first-order valence-electron chi connectivity index (χ1n) is 8.23. The molecule has 0 radical (unpaired) electrons. The molecule has 0 spiro atoms. The van der Waals surface area contributed by atoms with Crippen LogP contribution in [0.25, 0.3) is 11.2 Å². The number of nitrogens with zero attached hydrogens (tertiary/aromatic N) is 5. The summed E-state index contributed by atoms with van der Waals surface area (Å²) >= 11 is 3.33. The molecule has 2 aromatic heterocycles. The van der Waals surface area contributed by atoms with Crippen molar-refractivity contribution in [3.8, 4) is 0 Å². The molecular weight excluding hydrogens is 410 g/mol. The molecule has 0 saturated heterocycles. The van der Waals surface area contributed by atoms with Crippen molar-refractivity contribution in [3.63, 3.8) is 0 Å². The van der Waals surface area contributed by atoms with Crippen molar-refractivity contribution in [2.24, 2.45) is 0 Å².